The maximum atomic E-state index is 12.1. The average molecular weight is 284 g/mol. The third-order valence-corrected chi connectivity index (χ3v) is 2.71. The van der Waals surface area contributed by atoms with Crippen molar-refractivity contribution in [1.82, 2.24) is 0 Å². The Hall–Kier alpha value is -2.29. The Bertz CT molecular complexity index is 597. The predicted octanol–water partition coefficient (Wildman–Crippen LogP) is 4.22. The summed E-state index contributed by atoms with van der Waals surface area (Å²) >= 11 is 0. The number of benzene rings is 2. The van der Waals surface area contributed by atoms with E-state index in [2.05, 4.69) is 0 Å². The molecule has 0 aliphatic carbocycles. The molecule has 0 radical (unpaired) electrons. The van der Waals surface area contributed by atoms with Crippen molar-refractivity contribution in [3.8, 4) is 5.75 Å². The van der Waals surface area contributed by atoms with E-state index in [1.165, 1.54) is 0 Å². The molecular weight excluding hydrogens is 264 g/mol. The van der Waals surface area contributed by atoms with Crippen LogP contribution in [0.15, 0.2) is 54.6 Å². The van der Waals surface area contributed by atoms with E-state index in [4.69, 9.17) is 9.47 Å². The molecule has 0 saturated heterocycles. The van der Waals surface area contributed by atoms with Crippen molar-refractivity contribution in [2.75, 3.05) is 0 Å². The van der Waals surface area contributed by atoms with Crippen LogP contribution in [0.4, 0.5) is 0 Å². The van der Waals surface area contributed by atoms with E-state index >= 15 is 0 Å². The van der Waals surface area contributed by atoms with Gasteiger partial charge in [0.05, 0.1) is 5.56 Å². The molecule has 0 bridgehead atoms. The summed E-state index contributed by atoms with van der Waals surface area (Å²) in [5, 5.41) is 0. The fraction of sp³-hybridized carbons (Fsp3) is 0.278. The van der Waals surface area contributed by atoms with Crippen LogP contribution in [0.3, 0.4) is 0 Å². The second-order valence-corrected chi connectivity index (χ2v) is 5.80. The topological polar surface area (TPSA) is 35.5 Å². The SMILES string of the molecule is CC(C)(C)Oc1cccc(C(=O)OCc2ccccc2)c1. The van der Waals surface area contributed by atoms with Gasteiger partial charge >= 0.3 is 5.97 Å². The largest absolute Gasteiger partial charge is 0.488 e. The Morgan fingerprint density at radius 1 is 1.00 bits per heavy atom. The first-order chi connectivity index (χ1) is 9.94. The minimum absolute atomic E-state index is 0.268. The summed E-state index contributed by atoms with van der Waals surface area (Å²) in [6.07, 6.45) is 0. The molecule has 0 heterocycles. The molecule has 0 N–H and O–H groups in total. The van der Waals surface area contributed by atoms with Gasteiger partial charge in [-0.3, -0.25) is 0 Å². The molecule has 0 aliphatic rings. The maximum absolute atomic E-state index is 12.1. The number of hydrogen-bond acceptors (Lipinski definition) is 3. The fourth-order valence-corrected chi connectivity index (χ4v) is 1.85. The van der Waals surface area contributed by atoms with Gasteiger partial charge in [-0.15, -0.1) is 0 Å². The van der Waals surface area contributed by atoms with Crippen LogP contribution >= 0.6 is 0 Å². The highest BCUT2D eigenvalue weighted by Gasteiger charge is 2.14. The van der Waals surface area contributed by atoms with E-state index in [0.717, 1.165) is 5.56 Å². The molecule has 2 aromatic carbocycles. The van der Waals surface area contributed by atoms with Crippen molar-refractivity contribution in [3.05, 3.63) is 65.7 Å². The van der Waals surface area contributed by atoms with Crippen LogP contribution < -0.4 is 4.74 Å². The van der Waals surface area contributed by atoms with Gasteiger partial charge in [-0.25, -0.2) is 4.79 Å². The summed E-state index contributed by atoms with van der Waals surface area (Å²) in [5.74, 6) is 0.315. The van der Waals surface area contributed by atoms with Crippen LogP contribution in [-0.4, -0.2) is 11.6 Å². The maximum Gasteiger partial charge on any atom is 0.338 e. The van der Waals surface area contributed by atoms with Crippen LogP contribution in [0.25, 0.3) is 0 Å². The summed E-state index contributed by atoms with van der Waals surface area (Å²) in [7, 11) is 0. The highest BCUT2D eigenvalue weighted by molar-refractivity contribution is 5.89. The molecule has 21 heavy (non-hydrogen) atoms. The van der Waals surface area contributed by atoms with E-state index in [0.29, 0.717) is 11.3 Å². The van der Waals surface area contributed by atoms with E-state index < -0.39 is 0 Å². The molecule has 0 aliphatic heterocycles. The zero-order valence-corrected chi connectivity index (χ0v) is 12.6. The van der Waals surface area contributed by atoms with Gasteiger partial charge in [0, 0.05) is 0 Å². The number of carbonyl (C=O) groups excluding carboxylic acids is 1. The Balaban J connectivity index is 2.01. The molecule has 110 valence electrons. The van der Waals surface area contributed by atoms with Crippen LogP contribution in [0.1, 0.15) is 36.7 Å². The predicted molar refractivity (Wildman–Crippen MR) is 82.4 cm³/mol. The molecule has 0 spiro atoms. The Morgan fingerprint density at radius 3 is 2.38 bits per heavy atom. The standard InChI is InChI=1S/C18H20O3/c1-18(2,3)21-16-11-7-10-15(12-16)17(19)20-13-14-8-5-4-6-9-14/h4-12H,13H2,1-3H3. The number of esters is 1. The first kappa shape index (κ1) is 15.1. The summed E-state index contributed by atoms with van der Waals surface area (Å²) in [6.45, 7) is 6.16. The van der Waals surface area contributed by atoms with E-state index in [-0.39, 0.29) is 18.2 Å². The quantitative estimate of drug-likeness (QED) is 0.788. The molecule has 3 nitrogen and oxygen atoms in total. The number of hydrogen-bond donors (Lipinski definition) is 0. The van der Waals surface area contributed by atoms with Gasteiger partial charge in [0.25, 0.3) is 0 Å². The van der Waals surface area contributed by atoms with E-state index in [1.54, 1.807) is 18.2 Å². The Labute approximate surface area is 125 Å². The van der Waals surface area contributed by atoms with E-state index in [1.807, 2.05) is 57.2 Å². The first-order valence-corrected chi connectivity index (χ1v) is 6.94. The van der Waals surface area contributed by atoms with Crippen molar-refractivity contribution in [2.24, 2.45) is 0 Å². The smallest absolute Gasteiger partial charge is 0.338 e. The number of ether oxygens (including phenoxy) is 2. The summed E-state index contributed by atoms with van der Waals surface area (Å²) in [6, 6.07) is 16.7. The minimum Gasteiger partial charge on any atom is -0.488 e. The van der Waals surface area contributed by atoms with Crippen LogP contribution in [0.2, 0.25) is 0 Å². The lowest BCUT2D eigenvalue weighted by atomic mass is 10.1. The van der Waals surface area contributed by atoms with Crippen LogP contribution in [0.5, 0.6) is 5.75 Å². The monoisotopic (exact) mass is 284 g/mol. The molecule has 2 aromatic rings. The van der Waals surface area contributed by atoms with Gasteiger partial charge in [0.2, 0.25) is 0 Å². The van der Waals surface area contributed by atoms with Crippen molar-refractivity contribution >= 4 is 5.97 Å². The molecule has 3 heteroatoms. The Kier molecular flexibility index (Phi) is 4.63. The second-order valence-electron chi connectivity index (χ2n) is 5.80. The minimum atomic E-state index is -0.349. The molecule has 0 amide bonds. The zero-order chi connectivity index (χ0) is 15.3. The molecular formula is C18H20O3. The first-order valence-electron chi connectivity index (χ1n) is 6.94. The van der Waals surface area contributed by atoms with E-state index in [9.17, 15) is 4.79 Å². The molecule has 0 fully saturated rings. The zero-order valence-electron chi connectivity index (χ0n) is 12.6. The van der Waals surface area contributed by atoms with Gasteiger partial charge in [-0.2, -0.15) is 0 Å². The highest BCUT2D eigenvalue weighted by atomic mass is 16.5. The molecule has 0 atom stereocenters. The lowest BCUT2D eigenvalue weighted by molar-refractivity contribution is 0.0471. The van der Waals surface area contributed by atoms with Crippen molar-refractivity contribution in [2.45, 2.75) is 33.0 Å². The van der Waals surface area contributed by atoms with Crippen LogP contribution in [0, 0.1) is 0 Å². The van der Waals surface area contributed by atoms with Gasteiger partial charge in [0.1, 0.15) is 18.0 Å². The number of rotatable bonds is 4. The lowest BCUT2D eigenvalue weighted by Gasteiger charge is -2.21. The second kappa shape index (κ2) is 6.44. The Morgan fingerprint density at radius 2 is 1.71 bits per heavy atom. The normalized spacial score (nSPS) is 11.0. The van der Waals surface area contributed by atoms with Crippen molar-refractivity contribution in [3.63, 3.8) is 0 Å². The third-order valence-electron chi connectivity index (χ3n) is 2.71. The van der Waals surface area contributed by atoms with Gasteiger partial charge in [-0.1, -0.05) is 36.4 Å². The van der Waals surface area contributed by atoms with Crippen molar-refractivity contribution in [1.29, 1.82) is 0 Å². The summed E-state index contributed by atoms with van der Waals surface area (Å²) in [5.41, 5.74) is 1.16. The highest BCUT2D eigenvalue weighted by Crippen LogP contribution is 2.20. The molecule has 2 rings (SSSR count). The summed E-state index contributed by atoms with van der Waals surface area (Å²) < 4.78 is 11.1. The van der Waals surface area contributed by atoms with Gasteiger partial charge < -0.3 is 9.47 Å². The average Bonchev–Trinajstić information content (AvgIpc) is 2.44. The van der Waals surface area contributed by atoms with Gasteiger partial charge in [0.15, 0.2) is 0 Å². The fourth-order valence-electron chi connectivity index (χ4n) is 1.85. The summed E-state index contributed by atoms with van der Waals surface area (Å²) in [4.78, 5) is 12.1. The third kappa shape index (κ3) is 4.95. The lowest BCUT2D eigenvalue weighted by Crippen LogP contribution is -2.23. The van der Waals surface area contributed by atoms with Gasteiger partial charge in [-0.05, 0) is 44.5 Å². The molecule has 0 saturated carbocycles. The van der Waals surface area contributed by atoms with Crippen LogP contribution in [-0.2, 0) is 11.3 Å². The number of carbonyl (C=O) groups is 1. The van der Waals surface area contributed by atoms with Crippen molar-refractivity contribution < 1.29 is 14.3 Å². The molecule has 0 unspecified atom stereocenters. The molecule has 0 aromatic heterocycles.